The molecule has 1 saturated carbocycles. The van der Waals surface area contributed by atoms with Crippen molar-refractivity contribution in [2.45, 2.75) is 31.7 Å². The molecular weight excluding hydrogens is 324 g/mol. The Kier molecular flexibility index (Phi) is 5.03. The number of piperazine rings is 1. The Morgan fingerprint density at radius 1 is 1.14 bits per heavy atom. The van der Waals surface area contributed by atoms with E-state index in [1.165, 1.54) is 50.9 Å². The lowest BCUT2D eigenvalue weighted by atomic mass is 9.86. The molecule has 1 aliphatic heterocycles. The second kappa shape index (κ2) is 6.80. The van der Waals surface area contributed by atoms with Crippen molar-refractivity contribution in [2.24, 2.45) is 5.41 Å². The fraction of sp³-hybridized carbons (Fsp3) is 0.667. The standard InChI is InChI=1S/C18H27BrN2/c1-20-11-12-21(15-18(14-19)9-5-6-10-18)17(13-20)16-7-3-2-4-8-16/h2-4,7-8,17H,5-6,9-15H2,1H3. The fourth-order valence-corrected chi connectivity index (χ4v) is 4.77. The smallest absolute Gasteiger partial charge is 0.0475 e. The van der Waals surface area contributed by atoms with E-state index in [0.717, 1.165) is 11.9 Å². The van der Waals surface area contributed by atoms with Crippen LogP contribution in [0.4, 0.5) is 0 Å². The van der Waals surface area contributed by atoms with Gasteiger partial charge < -0.3 is 4.90 Å². The van der Waals surface area contributed by atoms with Crippen molar-refractivity contribution in [2.75, 3.05) is 38.6 Å². The second-order valence-electron chi connectivity index (χ2n) is 7.00. The van der Waals surface area contributed by atoms with Crippen LogP contribution in [-0.4, -0.2) is 48.4 Å². The predicted molar refractivity (Wildman–Crippen MR) is 92.9 cm³/mol. The number of nitrogens with zero attached hydrogens (tertiary/aromatic N) is 2. The van der Waals surface area contributed by atoms with Crippen LogP contribution in [0.25, 0.3) is 0 Å². The number of hydrogen-bond acceptors (Lipinski definition) is 2. The topological polar surface area (TPSA) is 6.48 Å². The summed E-state index contributed by atoms with van der Waals surface area (Å²) in [7, 11) is 2.25. The summed E-state index contributed by atoms with van der Waals surface area (Å²) in [6, 6.07) is 11.6. The van der Waals surface area contributed by atoms with Crippen LogP contribution in [0.2, 0.25) is 0 Å². The Morgan fingerprint density at radius 3 is 2.52 bits per heavy atom. The molecule has 1 aliphatic carbocycles. The van der Waals surface area contributed by atoms with Gasteiger partial charge in [-0.05, 0) is 30.9 Å². The van der Waals surface area contributed by atoms with E-state index in [2.05, 4.69) is 63.1 Å². The van der Waals surface area contributed by atoms with Crippen molar-refractivity contribution in [3.8, 4) is 0 Å². The molecular formula is C18H27BrN2. The molecule has 1 aromatic carbocycles. The van der Waals surface area contributed by atoms with Crippen LogP contribution in [-0.2, 0) is 0 Å². The van der Waals surface area contributed by atoms with Gasteiger partial charge in [-0.15, -0.1) is 0 Å². The maximum absolute atomic E-state index is 3.81. The van der Waals surface area contributed by atoms with Crippen LogP contribution in [0.1, 0.15) is 37.3 Å². The highest BCUT2D eigenvalue weighted by Gasteiger charge is 2.37. The van der Waals surface area contributed by atoms with Gasteiger partial charge in [-0.1, -0.05) is 59.1 Å². The summed E-state index contributed by atoms with van der Waals surface area (Å²) in [6.07, 6.45) is 5.61. The van der Waals surface area contributed by atoms with E-state index in [1.54, 1.807) is 0 Å². The number of halogens is 1. The van der Waals surface area contributed by atoms with Gasteiger partial charge in [-0.2, -0.15) is 0 Å². The molecule has 0 amide bonds. The molecule has 0 aromatic heterocycles. The number of alkyl halides is 1. The van der Waals surface area contributed by atoms with E-state index in [4.69, 9.17) is 0 Å². The van der Waals surface area contributed by atoms with E-state index in [1.807, 2.05) is 0 Å². The minimum absolute atomic E-state index is 0.517. The molecule has 2 aliphatic rings. The average molecular weight is 351 g/mol. The first kappa shape index (κ1) is 15.5. The van der Waals surface area contributed by atoms with Crippen LogP contribution < -0.4 is 0 Å². The van der Waals surface area contributed by atoms with Gasteiger partial charge in [0, 0.05) is 37.6 Å². The maximum Gasteiger partial charge on any atom is 0.0475 e. The number of benzene rings is 1. The maximum atomic E-state index is 3.81. The summed E-state index contributed by atoms with van der Waals surface area (Å²) >= 11 is 3.81. The Hall–Kier alpha value is -0.380. The molecule has 1 unspecified atom stereocenters. The van der Waals surface area contributed by atoms with Gasteiger partial charge in [0.15, 0.2) is 0 Å². The number of hydrogen-bond donors (Lipinski definition) is 0. The summed E-state index contributed by atoms with van der Waals surface area (Å²) in [6.45, 7) is 4.81. The molecule has 0 spiro atoms. The van der Waals surface area contributed by atoms with E-state index in [-0.39, 0.29) is 0 Å². The van der Waals surface area contributed by atoms with Gasteiger partial charge in [0.1, 0.15) is 0 Å². The fourth-order valence-electron chi connectivity index (χ4n) is 4.03. The first-order chi connectivity index (χ1) is 10.2. The van der Waals surface area contributed by atoms with Crippen molar-refractivity contribution < 1.29 is 0 Å². The van der Waals surface area contributed by atoms with Crippen LogP contribution in [0.5, 0.6) is 0 Å². The molecule has 2 fully saturated rings. The van der Waals surface area contributed by atoms with E-state index in [0.29, 0.717) is 11.5 Å². The van der Waals surface area contributed by atoms with Crippen LogP contribution in [0, 0.1) is 5.41 Å². The van der Waals surface area contributed by atoms with Crippen LogP contribution >= 0.6 is 15.9 Å². The summed E-state index contributed by atoms with van der Waals surface area (Å²) in [5.74, 6) is 0. The van der Waals surface area contributed by atoms with Gasteiger partial charge in [0.2, 0.25) is 0 Å². The first-order valence-corrected chi connectivity index (χ1v) is 9.38. The molecule has 0 bridgehead atoms. The molecule has 1 aromatic rings. The molecule has 0 N–H and O–H groups in total. The molecule has 21 heavy (non-hydrogen) atoms. The Labute approximate surface area is 137 Å². The van der Waals surface area contributed by atoms with Crippen LogP contribution in [0.15, 0.2) is 30.3 Å². The lowest BCUT2D eigenvalue weighted by molar-refractivity contribution is 0.0545. The van der Waals surface area contributed by atoms with Gasteiger partial charge >= 0.3 is 0 Å². The Balaban J connectivity index is 1.78. The zero-order chi connectivity index (χ0) is 14.7. The minimum Gasteiger partial charge on any atom is -0.303 e. The van der Waals surface area contributed by atoms with E-state index >= 15 is 0 Å². The van der Waals surface area contributed by atoms with E-state index < -0.39 is 0 Å². The van der Waals surface area contributed by atoms with Crippen molar-refractivity contribution in [3.05, 3.63) is 35.9 Å². The Morgan fingerprint density at radius 2 is 1.86 bits per heavy atom. The lowest BCUT2D eigenvalue weighted by Gasteiger charge is -2.44. The van der Waals surface area contributed by atoms with Gasteiger partial charge in [0.05, 0.1) is 0 Å². The molecule has 0 radical (unpaired) electrons. The van der Waals surface area contributed by atoms with Crippen molar-refractivity contribution in [1.82, 2.24) is 9.80 Å². The zero-order valence-electron chi connectivity index (χ0n) is 13.1. The lowest BCUT2D eigenvalue weighted by Crippen LogP contribution is -2.50. The molecule has 3 heteroatoms. The van der Waals surface area contributed by atoms with Gasteiger partial charge in [0.25, 0.3) is 0 Å². The van der Waals surface area contributed by atoms with Crippen molar-refractivity contribution in [3.63, 3.8) is 0 Å². The minimum atomic E-state index is 0.517. The molecule has 1 heterocycles. The summed E-state index contributed by atoms with van der Waals surface area (Å²) in [5.41, 5.74) is 2.00. The highest BCUT2D eigenvalue weighted by atomic mass is 79.9. The SMILES string of the molecule is CN1CCN(CC2(CBr)CCCC2)C(c2ccccc2)C1. The molecule has 1 atom stereocenters. The normalized spacial score (nSPS) is 27.0. The zero-order valence-corrected chi connectivity index (χ0v) is 14.7. The number of rotatable bonds is 4. The third-order valence-corrected chi connectivity index (χ3v) is 6.55. The van der Waals surface area contributed by atoms with Crippen LogP contribution in [0.3, 0.4) is 0 Å². The molecule has 3 rings (SSSR count). The highest BCUT2D eigenvalue weighted by Crippen LogP contribution is 2.42. The Bertz CT molecular complexity index is 442. The highest BCUT2D eigenvalue weighted by molar-refractivity contribution is 9.09. The largest absolute Gasteiger partial charge is 0.303 e. The molecule has 116 valence electrons. The summed E-state index contributed by atoms with van der Waals surface area (Å²) in [4.78, 5) is 5.23. The molecule has 2 nitrogen and oxygen atoms in total. The van der Waals surface area contributed by atoms with Crippen molar-refractivity contribution >= 4 is 15.9 Å². The predicted octanol–water partition coefficient (Wildman–Crippen LogP) is 3.93. The van der Waals surface area contributed by atoms with Gasteiger partial charge in [-0.25, -0.2) is 0 Å². The third-order valence-electron chi connectivity index (χ3n) is 5.36. The summed E-state index contributed by atoms with van der Waals surface area (Å²) < 4.78 is 0. The second-order valence-corrected chi connectivity index (χ2v) is 7.56. The average Bonchev–Trinajstić information content (AvgIpc) is 2.99. The quantitative estimate of drug-likeness (QED) is 0.759. The molecule has 1 saturated heterocycles. The first-order valence-electron chi connectivity index (χ1n) is 8.26. The van der Waals surface area contributed by atoms with Gasteiger partial charge in [-0.3, -0.25) is 4.90 Å². The van der Waals surface area contributed by atoms with Crippen molar-refractivity contribution in [1.29, 1.82) is 0 Å². The monoisotopic (exact) mass is 350 g/mol. The third kappa shape index (κ3) is 3.52. The summed E-state index contributed by atoms with van der Waals surface area (Å²) in [5, 5.41) is 1.16. The van der Waals surface area contributed by atoms with E-state index in [9.17, 15) is 0 Å². The number of likely N-dealkylation sites (N-methyl/N-ethyl adjacent to an activating group) is 1.